The summed E-state index contributed by atoms with van der Waals surface area (Å²) in [6.45, 7) is 3.95. The lowest BCUT2D eigenvalue weighted by Gasteiger charge is -2.37. The molecule has 4 nitrogen and oxygen atoms in total. The molecule has 0 saturated carbocycles. The number of piperidine rings is 1. The van der Waals surface area contributed by atoms with Crippen molar-refractivity contribution in [3.05, 3.63) is 24.3 Å². The van der Waals surface area contributed by atoms with Crippen LogP contribution in [0, 0.1) is 0 Å². The number of anilines is 1. The quantitative estimate of drug-likeness (QED) is 0.836. The molecule has 1 aromatic rings. The van der Waals surface area contributed by atoms with Crippen LogP contribution in [-0.4, -0.2) is 24.8 Å². The molecule has 1 saturated heterocycles. The SMILES string of the molecule is C[C@@H]1CCC[C@H](C)N1S(=O)(=O)c1ccc(N)cc1. The van der Waals surface area contributed by atoms with Crippen LogP contribution in [0.4, 0.5) is 5.69 Å². The van der Waals surface area contributed by atoms with Gasteiger partial charge in [0.15, 0.2) is 0 Å². The Bertz CT molecular complexity index is 500. The van der Waals surface area contributed by atoms with Crippen LogP contribution in [0.5, 0.6) is 0 Å². The standard InChI is InChI=1S/C13H20N2O2S/c1-10-4-3-5-11(2)15(10)18(16,17)13-8-6-12(14)7-9-13/h6-11H,3-5,14H2,1-2H3/t10-,11+. The summed E-state index contributed by atoms with van der Waals surface area (Å²) in [4.78, 5) is 0.331. The van der Waals surface area contributed by atoms with Crippen LogP contribution in [0.2, 0.25) is 0 Å². The monoisotopic (exact) mass is 268 g/mol. The number of benzene rings is 1. The molecule has 2 N–H and O–H groups in total. The smallest absolute Gasteiger partial charge is 0.243 e. The first-order valence-electron chi connectivity index (χ1n) is 6.32. The molecule has 0 radical (unpaired) electrons. The molecular formula is C13H20N2O2S. The molecule has 0 bridgehead atoms. The summed E-state index contributed by atoms with van der Waals surface area (Å²) < 4.78 is 26.8. The number of nitrogens with zero attached hydrogens (tertiary/aromatic N) is 1. The van der Waals surface area contributed by atoms with Crippen LogP contribution in [0.1, 0.15) is 33.1 Å². The molecule has 5 heteroatoms. The van der Waals surface area contributed by atoms with E-state index in [0.717, 1.165) is 19.3 Å². The first kappa shape index (κ1) is 13.4. The van der Waals surface area contributed by atoms with E-state index in [0.29, 0.717) is 10.6 Å². The van der Waals surface area contributed by atoms with Crippen molar-refractivity contribution in [2.75, 3.05) is 5.73 Å². The molecule has 1 heterocycles. The van der Waals surface area contributed by atoms with Crippen LogP contribution in [0.3, 0.4) is 0 Å². The summed E-state index contributed by atoms with van der Waals surface area (Å²) in [6, 6.07) is 6.56. The molecule has 0 amide bonds. The molecule has 0 spiro atoms. The molecule has 1 aromatic carbocycles. The van der Waals surface area contributed by atoms with Crippen molar-refractivity contribution in [2.24, 2.45) is 0 Å². The first-order valence-corrected chi connectivity index (χ1v) is 7.76. The Balaban J connectivity index is 2.38. The van der Waals surface area contributed by atoms with Crippen molar-refractivity contribution in [1.29, 1.82) is 0 Å². The van der Waals surface area contributed by atoms with Crippen LogP contribution in [0.25, 0.3) is 0 Å². The molecule has 2 rings (SSSR count). The highest BCUT2D eigenvalue weighted by Crippen LogP contribution is 2.29. The maximum atomic E-state index is 12.6. The topological polar surface area (TPSA) is 63.4 Å². The number of sulfonamides is 1. The van der Waals surface area contributed by atoms with E-state index in [1.54, 1.807) is 28.6 Å². The van der Waals surface area contributed by atoms with Crippen LogP contribution < -0.4 is 5.73 Å². The lowest BCUT2D eigenvalue weighted by atomic mass is 10.0. The van der Waals surface area contributed by atoms with Gasteiger partial charge in [0.1, 0.15) is 0 Å². The van der Waals surface area contributed by atoms with Crippen molar-refractivity contribution < 1.29 is 8.42 Å². The molecule has 18 heavy (non-hydrogen) atoms. The van der Waals surface area contributed by atoms with E-state index in [1.165, 1.54) is 0 Å². The minimum absolute atomic E-state index is 0.0660. The number of nitrogen functional groups attached to an aromatic ring is 1. The molecule has 1 fully saturated rings. The van der Waals surface area contributed by atoms with Gasteiger partial charge in [0.05, 0.1) is 4.90 Å². The van der Waals surface area contributed by atoms with Crippen LogP contribution in [-0.2, 0) is 10.0 Å². The second-order valence-electron chi connectivity index (χ2n) is 5.03. The van der Waals surface area contributed by atoms with E-state index >= 15 is 0 Å². The van der Waals surface area contributed by atoms with Crippen LogP contribution in [0.15, 0.2) is 29.2 Å². The zero-order valence-electron chi connectivity index (χ0n) is 10.8. The van der Waals surface area contributed by atoms with E-state index in [4.69, 9.17) is 5.73 Å². The third-order valence-corrected chi connectivity index (χ3v) is 5.71. The first-order chi connectivity index (χ1) is 8.43. The second-order valence-corrected chi connectivity index (χ2v) is 6.88. The van der Waals surface area contributed by atoms with Crippen molar-refractivity contribution in [1.82, 2.24) is 4.31 Å². The van der Waals surface area contributed by atoms with Gasteiger partial charge in [0.25, 0.3) is 0 Å². The Morgan fingerprint density at radius 2 is 1.61 bits per heavy atom. The van der Waals surface area contributed by atoms with Crippen molar-refractivity contribution >= 4 is 15.7 Å². The molecule has 0 unspecified atom stereocenters. The minimum Gasteiger partial charge on any atom is -0.399 e. The van der Waals surface area contributed by atoms with E-state index in [-0.39, 0.29) is 12.1 Å². The van der Waals surface area contributed by atoms with Crippen LogP contribution >= 0.6 is 0 Å². The second kappa shape index (κ2) is 4.90. The van der Waals surface area contributed by atoms with Gasteiger partial charge in [0, 0.05) is 17.8 Å². The Hall–Kier alpha value is -1.07. The Kier molecular flexibility index (Phi) is 3.64. The molecule has 1 aliphatic heterocycles. The highest BCUT2D eigenvalue weighted by atomic mass is 32.2. The molecular weight excluding hydrogens is 248 g/mol. The van der Waals surface area contributed by atoms with Gasteiger partial charge >= 0.3 is 0 Å². The summed E-state index contributed by atoms with van der Waals surface area (Å²) in [5.74, 6) is 0. The maximum absolute atomic E-state index is 12.6. The number of rotatable bonds is 2. The number of hydrogen-bond donors (Lipinski definition) is 1. The number of hydrogen-bond acceptors (Lipinski definition) is 3. The van der Waals surface area contributed by atoms with E-state index in [2.05, 4.69) is 0 Å². The average molecular weight is 268 g/mol. The molecule has 2 atom stereocenters. The highest BCUT2D eigenvalue weighted by molar-refractivity contribution is 7.89. The van der Waals surface area contributed by atoms with E-state index in [1.807, 2.05) is 13.8 Å². The zero-order chi connectivity index (χ0) is 13.3. The van der Waals surface area contributed by atoms with Crippen molar-refractivity contribution in [3.63, 3.8) is 0 Å². The zero-order valence-corrected chi connectivity index (χ0v) is 11.7. The maximum Gasteiger partial charge on any atom is 0.243 e. The Morgan fingerprint density at radius 3 is 2.11 bits per heavy atom. The molecule has 100 valence electrons. The Labute approximate surface area is 109 Å². The lowest BCUT2D eigenvalue weighted by molar-refractivity contribution is 0.204. The Morgan fingerprint density at radius 1 is 1.11 bits per heavy atom. The predicted octanol–water partition coefficient (Wildman–Crippen LogP) is 2.22. The highest BCUT2D eigenvalue weighted by Gasteiger charge is 2.35. The molecule has 0 aromatic heterocycles. The summed E-state index contributed by atoms with van der Waals surface area (Å²) in [5.41, 5.74) is 6.17. The minimum atomic E-state index is -3.40. The summed E-state index contributed by atoms with van der Waals surface area (Å²) in [6.07, 6.45) is 2.95. The van der Waals surface area contributed by atoms with Gasteiger partial charge in [-0.3, -0.25) is 0 Å². The van der Waals surface area contributed by atoms with Gasteiger partial charge in [-0.15, -0.1) is 0 Å². The van der Waals surface area contributed by atoms with Gasteiger partial charge < -0.3 is 5.73 Å². The largest absolute Gasteiger partial charge is 0.399 e. The average Bonchev–Trinajstić information content (AvgIpc) is 2.29. The fourth-order valence-electron chi connectivity index (χ4n) is 2.63. The van der Waals surface area contributed by atoms with Crippen molar-refractivity contribution in [2.45, 2.75) is 50.1 Å². The normalized spacial score (nSPS) is 26.1. The third-order valence-electron chi connectivity index (χ3n) is 3.57. The van der Waals surface area contributed by atoms with Gasteiger partial charge in [-0.2, -0.15) is 4.31 Å². The van der Waals surface area contributed by atoms with Gasteiger partial charge in [-0.25, -0.2) is 8.42 Å². The van der Waals surface area contributed by atoms with Gasteiger partial charge in [-0.05, 0) is 51.0 Å². The van der Waals surface area contributed by atoms with E-state index < -0.39 is 10.0 Å². The third kappa shape index (κ3) is 2.37. The molecule has 1 aliphatic rings. The predicted molar refractivity (Wildman–Crippen MR) is 72.7 cm³/mol. The van der Waals surface area contributed by atoms with E-state index in [9.17, 15) is 8.42 Å². The summed E-state index contributed by atoms with van der Waals surface area (Å²) in [7, 11) is -3.40. The lowest BCUT2D eigenvalue weighted by Crippen LogP contribution is -2.47. The fraction of sp³-hybridized carbons (Fsp3) is 0.538. The number of nitrogens with two attached hydrogens (primary N) is 1. The van der Waals surface area contributed by atoms with Gasteiger partial charge in [0.2, 0.25) is 10.0 Å². The van der Waals surface area contributed by atoms with Crippen molar-refractivity contribution in [3.8, 4) is 0 Å². The van der Waals surface area contributed by atoms with Gasteiger partial charge in [-0.1, -0.05) is 6.42 Å². The fourth-order valence-corrected chi connectivity index (χ4v) is 4.51. The summed E-state index contributed by atoms with van der Waals surface area (Å²) >= 11 is 0. The molecule has 0 aliphatic carbocycles. The summed E-state index contributed by atoms with van der Waals surface area (Å²) in [5, 5.41) is 0.